The van der Waals surface area contributed by atoms with Crippen molar-refractivity contribution in [2.24, 2.45) is 5.92 Å². The van der Waals surface area contributed by atoms with Crippen molar-refractivity contribution < 1.29 is 39.2 Å². The summed E-state index contributed by atoms with van der Waals surface area (Å²) in [7, 11) is 0. The Hall–Kier alpha value is -3.77. The van der Waals surface area contributed by atoms with Crippen LogP contribution in [0.25, 0.3) is 0 Å². The van der Waals surface area contributed by atoms with E-state index in [1.54, 1.807) is 36.5 Å². The molecule has 2 heterocycles. The molecule has 1 aliphatic heterocycles. The van der Waals surface area contributed by atoms with E-state index >= 15 is 0 Å². The highest BCUT2D eigenvalue weighted by molar-refractivity contribution is 7.99. The molecule has 10 nitrogen and oxygen atoms in total. The quantitative estimate of drug-likeness (QED) is 0.214. The van der Waals surface area contributed by atoms with Crippen molar-refractivity contribution in [2.75, 3.05) is 11.1 Å². The molecule has 0 bridgehead atoms. The highest BCUT2D eigenvalue weighted by Crippen LogP contribution is 2.43. The Labute approximate surface area is 241 Å². The number of carboxylic acid groups (broad SMARTS) is 2. The van der Waals surface area contributed by atoms with Crippen LogP contribution in [0.15, 0.2) is 71.9 Å². The Morgan fingerprint density at radius 2 is 1.66 bits per heavy atom. The zero-order valence-corrected chi connectivity index (χ0v) is 23.3. The number of aromatic carboxylic acids is 1. The number of anilines is 1. The van der Waals surface area contributed by atoms with Crippen molar-refractivity contribution in [3.63, 3.8) is 0 Å². The van der Waals surface area contributed by atoms with Gasteiger partial charge in [0.1, 0.15) is 5.03 Å². The van der Waals surface area contributed by atoms with Gasteiger partial charge in [0.15, 0.2) is 6.29 Å². The third-order valence-electron chi connectivity index (χ3n) is 6.77. The van der Waals surface area contributed by atoms with Crippen LogP contribution >= 0.6 is 11.8 Å². The van der Waals surface area contributed by atoms with Crippen molar-refractivity contribution in [3.05, 3.63) is 89.1 Å². The Balaban J connectivity index is 1.51. The summed E-state index contributed by atoms with van der Waals surface area (Å²) in [5, 5.41) is 30.9. The van der Waals surface area contributed by atoms with Gasteiger partial charge in [-0.2, -0.15) is 0 Å². The monoisotopic (exact) mass is 580 g/mol. The number of benzene rings is 2. The van der Waals surface area contributed by atoms with Crippen molar-refractivity contribution in [2.45, 2.75) is 56.3 Å². The number of carbonyl (C=O) groups excluding carboxylic acids is 1. The third kappa shape index (κ3) is 8.14. The molecular formula is C30H32N2O8S. The van der Waals surface area contributed by atoms with E-state index in [1.807, 2.05) is 31.2 Å². The number of nitrogens with one attached hydrogen (secondary N) is 1. The molecule has 1 saturated heterocycles. The molecule has 1 fully saturated rings. The standard InChI is InChI=1S/C30H32N2O8S/c1-18-24(17-41-28-23(29(37)38)4-3-15-31-28)39-30(40-27(18)20-9-7-19(16-33)8-10-20)21-11-13-22(14-12-21)32-25(34)5-2-6-26(35)36/h3-4,7-15,18,24,27,30,33H,2,5-6,16-17H2,1H3,(H,32,34)(H,35,36)(H,37,38)/t18-,24+,27+,30+/m0/s1. The van der Waals surface area contributed by atoms with Crippen LogP contribution in [0.3, 0.4) is 0 Å². The van der Waals surface area contributed by atoms with Crippen molar-refractivity contribution in [1.29, 1.82) is 0 Å². The van der Waals surface area contributed by atoms with Crippen LogP contribution < -0.4 is 5.32 Å². The van der Waals surface area contributed by atoms with Crippen molar-refractivity contribution in [1.82, 2.24) is 4.98 Å². The van der Waals surface area contributed by atoms with E-state index in [-0.39, 0.29) is 55.5 Å². The number of hydrogen-bond acceptors (Lipinski definition) is 8. The third-order valence-corrected chi connectivity index (χ3v) is 7.86. The molecule has 1 amide bonds. The number of rotatable bonds is 12. The average Bonchev–Trinajstić information content (AvgIpc) is 2.97. The number of hydrogen-bond donors (Lipinski definition) is 4. The topological polar surface area (TPSA) is 155 Å². The molecule has 4 N–H and O–H groups in total. The van der Waals surface area contributed by atoms with Gasteiger partial charge in [-0.25, -0.2) is 9.78 Å². The van der Waals surface area contributed by atoms with Gasteiger partial charge in [0.25, 0.3) is 0 Å². The minimum absolute atomic E-state index is 0.0647. The number of thioether (sulfide) groups is 1. The lowest BCUT2D eigenvalue weighted by Crippen LogP contribution is -2.38. The number of amides is 1. The molecule has 1 aromatic heterocycles. The molecule has 2 aromatic carbocycles. The van der Waals surface area contributed by atoms with E-state index in [1.165, 1.54) is 17.8 Å². The Kier molecular flexibility index (Phi) is 10.5. The highest BCUT2D eigenvalue weighted by Gasteiger charge is 2.38. The molecule has 0 aliphatic carbocycles. The summed E-state index contributed by atoms with van der Waals surface area (Å²) in [4.78, 5) is 38.7. The minimum atomic E-state index is -1.05. The number of carboxylic acids is 2. The average molecular weight is 581 g/mol. The Bertz CT molecular complexity index is 1350. The molecule has 0 spiro atoms. The number of nitrogens with zero attached hydrogens (tertiary/aromatic N) is 1. The SMILES string of the molecule is C[C@H]1[C@@H](CSc2ncccc2C(=O)O)O[C@@H](c2ccc(NC(=O)CCCC(=O)O)cc2)O[C@H]1c1ccc(CO)cc1. The summed E-state index contributed by atoms with van der Waals surface area (Å²) in [6.07, 6.45) is 0.459. The maximum absolute atomic E-state index is 12.1. The Morgan fingerprint density at radius 3 is 2.32 bits per heavy atom. The predicted molar refractivity (Wildman–Crippen MR) is 151 cm³/mol. The van der Waals surface area contributed by atoms with Gasteiger partial charge >= 0.3 is 11.9 Å². The van der Waals surface area contributed by atoms with Crippen molar-refractivity contribution in [3.8, 4) is 0 Å². The smallest absolute Gasteiger partial charge is 0.338 e. The van der Waals surface area contributed by atoms with E-state index in [0.717, 1.165) is 16.7 Å². The lowest BCUT2D eigenvalue weighted by atomic mass is 9.91. The van der Waals surface area contributed by atoms with E-state index < -0.39 is 18.2 Å². The molecule has 0 saturated carbocycles. The van der Waals surface area contributed by atoms with Gasteiger partial charge in [-0.3, -0.25) is 9.59 Å². The van der Waals surface area contributed by atoms with Crippen LogP contribution in [-0.4, -0.2) is 50.0 Å². The van der Waals surface area contributed by atoms with Crippen LogP contribution in [0.5, 0.6) is 0 Å². The maximum atomic E-state index is 12.1. The van der Waals surface area contributed by atoms with Gasteiger partial charge in [-0.05, 0) is 41.8 Å². The first kappa shape index (κ1) is 30.2. The summed E-state index contributed by atoms with van der Waals surface area (Å²) in [6, 6.07) is 17.7. The number of ether oxygens (including phenoxy) is 2. The van der Waals surface area contributed by atoms with E-state index in [9.17, 15) is 24.6 Å². The number of aliphatic carboxylic acids is 1. The van der Waals surface area contributed by atoms with Gasteiger partial charge in [0, 0.05) is 42.0 Å². The normalized spacial score (nSPS) is 20.3. The number of aliphatic hydroxyl groups is 1. The van der Waals surface area contributed by atoms with Gasteiger partial charge in [-0.15, -0.1) is 11.8 Å². The lowest BCUT2D eigenvalue weighted by Gasteiger charge is -2.41. The number of aliphatic hydroxyl groups excluding tert-OH is 1. The molecule has 41 heavy (non-hydrogen) atoms. The fourth-order valence-electron chi connectivity index (χ4n) is 4.49. The molecule has 3 aromatic rings. The first-order valence-electron chi connectivity index (χ1n) is 13.2. The molecule has 11 heteroatoms. The molecular weight excluding hydrogens is 548 g/mol. The first-order valence-corrected chi connectivity index (χ1v) is 14.2. The summed E-state index contributed by atoms with van der Waals surface area (Å²) in [6.45, 7) is 1.95. The summed E-state index contributed by atoms with van der Waals surface area (Å²) in [5.41, 5.74) is 3.14. The van der Waals surface area contributed by atoms with Gasteiger partial charge in [0.2, 0.25) is 5.91 Å². The van der Waals surface area contributed by atoms with E-state index in [0.29, 0.717) is 16.5 Å². The second-order valence-corrected chi connectivity index (χ2v) is 10.7. The lowest BCUT2D eigenvalue weighted by molar-refractivity contribution is -0.268. The van der Waals surface area contributed by atoms with Crippen LogP contribution in [0.2, 0.25) is 0 Å². The molecule has 216 valence electrons. The molecule has 0 radical (unpaired) electrons. The number of aromatic nitrogens is 1. The molecule has 4 atom stereocenters. The summed E-state index contributed by atoms with van der Waals surface area (Å²) in [5.74, 6) is -1.91. The molecule has 1 aliphatic rings. The predicted octanol–water partition coefficient (Wildman–Crippen LogP) is 5.05. The van der Waals surface area contributed by atoms with Gasteiger partial charge in [0.05, 0.1) is 24.4 Å². The van der Waals surface area contributed by atoms with Crippen LogP contribution in [0.1, 0.15) is 65.6 Å². The second kappa shape index (κ2) is 14.2. The zero-order valence-electron chi connectivity index (χ0n) is 22.4. The van der Waals surface area contributed by atoms with Crippen LogP contribution in [0.4, 0.5) is 5.69 Å². The van der Waals surface area contributed by atoms with E-state index in [2.05, 4.69) is 10.3 Å². The van der Waals surface area contributed by atoms with Gasteiger partial charge in [-0.1, -0.05) is 43.3 Å². The van der Waals surface area contributed by atoms with E-state index in [4.69, 9.17) is 14.6 Å². The fraction of sp³-hybridized carbons (Fsp3) is 0.333. The fourth-order valence-corrected chi connectivity index (χ4v) is 5.64. The maximum Gasteiger partial charge on any atom is 0.338 e. The minimum Gasteiger partial charge on any atom is -0.481 e. The number of carbonyl (C=O) groups is 3. The first-order chi connectivity index (χ1) is 19.7. The summed E-state index contributed by atoms with van der Waals surface area (Å²) < 4.78 is 12.8. The van der Waals surface area contributed by atoms with Crippen LogP contribution in [0, 0.1) is 5.92 Å². The largest absolute Gasteiger partial charge is 0.481 e. The van der Waals surface area contributed by atoms with Crippen LogP contribution in [-0.2, 0) is 25.7 Å². The highest BCUT2D eigenvalue weighted by atomic mass is 32.2. The molecule has 0 unspecified atom stereocenters. The summed E-state index contributed by atoms with van der Waals surface area (Å²) >= 11 is 1.31. The van der Waals surface area contributed by atoms with Gasteiger partial charge < -0.3 is 30.1 Å². The Morgan fingerprint density at radius 1 is 0.951 bits per heavy atom. The zero-order chi connectivity index (χ0) is 29.4. The number of pyridine rings is 1. The van der Waals surface area contributed by atoms with Crippen molar-refractivity contribution >= 4 is 35.3 Å². The second-order valence-electron chi connectivity index (χ2n) is 9.71. The molecule has 4 rings (SSSR count).